The molecule has 1 aliphatic rings. The van der Waals surface area contributed by atoms with E-state index in [1.54, 1.807) is 6.07 Å². The van der Waals surface area contributed by atoms with Gasteiger partial charge < -0.3 is 4.90 Å². The second-order valence-corrected chi connectivity index (χ2v) is 6.60. The van der Waals surface area contributed by atoms with E-state index in [1.807, 2.05) is 40.6 Å². The number of carbonyl (C=O) groups is 1. The first-order chi connectivity index (χ1) is 11.7. The summed E-state index contributed by atoms with van der Waals surface area (Å²) < 4.78 is 13.4. The lowest BCUT2D eigenvalue weighted by molar-refractivity contribution is -0.117. The quantitative estimate of drug-likeness (QED) is 0.691. The standard InChI is InChI=1S/C19H15FN2OS/c20-15-4-1-3-14(11-15)19-21-17(12-24-19)13-6-8-16(9-7-13)22-10-2-5-18(22)23/h1,3-4,6-9,11-12H,2,5,10H2. The van der Waals surface area contributed by atoms with Crippen LogP contribution in [0.1, 0.15) is 12.8 Å². The minimum absolute atomic E-state index is 0.185. The van der Waals surface area contributed by atoms with E-state index in [0.717, 1.165) is 40.5 Å². The molecule has 1 aliphatic heterocycles. The minimum Gasteiger partial charge on any atom is -0.312 e. The van der Waals surface area contributed by atoms with Crippen molar-refractivity contribution in [3.05, 3.63) is 59.7 Å². The Kier molecular flexibility index (Phi) is 3.86. The number of anilines is 1. The van der Waals surface area contributed by atoms with Gasteiger partial charge in [-0.15, -0.1) is 11.3 Å². The molecule has 120 valence electrons. The zero-order chi connectivity index (χ0) is 16.5. The van der Waals surface area contributed by atoms with E-state index in [1.165, 1.54) is 23.5 Å². The molecule has 1 saturated heterocycles. The molecule has 0 unspecified atom stereocenters. The second-order valence-electron chi connectivity index (χ2n) is 5.74. The highest BCUT2D eigenvalue weighted by Crippen LogP contribution is 2.30. The Morgan fingerprint density at radius 1 is 1.08 bits per heavy atom. The Morgan fingerprint density at radius 2 is 1.92 bits per heavy atom. The van der Waals surface area contributed by atoms with Crippen molar-refractivity contribution in [2.75, 3.05) is 11.4 Å². The van der Waals surface area contributed by atoms with Crippen LogP contribution in [0, 0.1) is 5.82 Å². The summed E-state index contributed by atoms with van der Waals surface area (Å²) in [6, 6.07) is 14.3. The first-order valence-electron chi connectivity index (χ1n) is 7.83. The number of carbonyl (C=O) groups excluding carboxylic acids is 1. The monoisotopic (exact) mass is 338 g/mol. The summed E-state index contributed by atoms with van der Waals surface area (Å²) in [5.74, 6) is -0.0753. The molecule has 0 aliphatic carbocycles. The van der Waals surface area contributed by atoms with Crippen LogP contribution >= 0.6 is 11.3 Å². The third kappa shape index (κ3) is 2.83. The molecule has 1 amide bonds. The van der Waals surface area contributed by atoms with Crippen molar-refractivity contribution in [2.24, 2.45) is 0 Å². The molecule has 0 atom stereocenters. The predicted octanol–water partition coefficient (Wildman–Crippen LogP) is 4.74. The highest BCUT2D eigenvalue weighted by atomic mass is 32.1. The van der Waals surface area contributed by atoms with Crippen LogP contribution in [-0.4, -0.2) is 17.4 Å². The van der Waals surface area contributed by atoms with Crippen LogP contribution < -0.4 is 4.90 Å². The molecule has 2 heterocycles. The van der Waals surface area contributed by atoms with E-state index in [-0.39, 0.29) is 11.7 Å². The lowest BCUT2D eigenvalue weighted by Crippen LogP contribution is -2.23. The summed E-state index contributed by atoms with van der Waals surface area (Å²) >= 11 is 1.49. The van der Waals surface area contributed by atoms with E-state index >= 15 is 0 Å². The van der Waals surface area contributed by atoms with Gasteiger partial charge in [-0.25, -0.2) is 9.37 Å². The molecule has 24 heavy (non-hydrogen) atoms. The Hall–Kier alpha value is -2.53. The van der Waals surface area contributed by atoms with Crippen LogP contribution in [0.25, 0.3) is 21.8 Å². The third-order valence-electron chi connectivity index (χ3n) is 4.12. The van der Waals surface area contributed by atoms with Crippen molar-refractivity contribution in [1.82, 2.24) is 4.98 Å². The largest absolute Gasteiger partial charge is 0.312 e. The van der Waals surface area contributed by atoms with Crippen molar-refractivity contribution in [2.45, 2.75) is 12.8 Å². The number of nitrogens with zero attached hydrogens (tertiary/aromatic N) is 2. The van der Waals surface area contributed by atoms with Crippen molar-refractivity contribution >= 4 is 22.9 Å². The fraction of sp³-hybridized carbons (Fsp3) is 0.158. The number of amides is 1. The molecule has 2 aromatic carbocycles. The summed E-state index contributed by atoms with van der Waals surface area (Å²) in [5.41, 5.74) is 3.57. The van der Waals surface area contributed by atoms with Gasteiger partial charge in [-0.2, -0.15) is 0 Å². The molecule has 1 fully saturated rings. The Morgan fingerprint density at radius 3 is 2.62 bits per heavy atom. The van der Waals surface area contributed by atoms with Crippen LogP contribution in [0.5, 0.6) is 0 Å². The van der Waals surface area contributed by atoms with Gasteiger partial charge in [0.1, 0.15) is 10.8 Å². The van der Waals surface area contributed by atoms with E-state index in [9.17, 15) is 9.18 Å². The summed E-state index contributed by atoms with van der Waals surface area (Å²) in [5, 5.41) is 2.76. The maximum Gasteiger partial charge on any atom is 0.227 e. The molecule has 0 bridgehead atoms. The summed E-state index contributed by atoms with van der Waals surface area (Å²) in [7, 11) is 0. The van der Waals surface area contributed by atoms with E-state index in [4.69, 9.17) is 0 Å². The molecule has 0 spiro atoms. The highest BCUT2D eigenvalue weighted by Gasteiger charge is 2.21. The molecule has 1 aromatic heterocycles. The zero-order valence-corrected chi connectivity index (χ0v) is 13.7. The predicted molar refractivity (Wildman–Crippen MR) is 94.5 cm³/mol. The topological polar surface area (TPSA) is 33.2 Å². The van der Waals surface area contributed by atoms with E-state index < -0.39 is 0 Å². The van der Waals surface area contributed by atoms with Crippen LogP contribution in [0.2, 0.25) is 0 Å². The van der Waals surface area contributed by atoms with Gasteiger partial charge in [0.2, 0.25) is 5.91 Å². The van der Waals surface area contributed by atoms with Crippen LogP contribution in [0.15, 0.2) is 53.9 Å². The van der Waals surface area contributed by atoms with Crippen molar-refractivity contribution < 1.29 is 9.18 Å². The smallest absolute Gasteiger partial charge is 0.227 e. The normalized spacial score (nSPS) is 14.4. The van der Waals surface area contributed by atoms with Gasteiger partial charge in [0.25, 0.3) is 0 Å². The van der Waals surface area contributed by atoms with Gasteiger partial charge in [-0.05, 0) is 30.7 Å². The number of hydrogen-bond donors (Lipinski definition) is 0. The maximum absolute atomic E-state index is 13.4. The lowest BCUT2D eigenvalue weighted by atomic mass is 10.1. The minimum atomic E-state index is -0.260. The number of halogens is 1. The summed E-state index contributed by atoms with van der Waals surface area (Å²) in [4.78, 5) is 18.2. The lowest BCUT2D eigenvalue weighted by Gasteiger charge is -2.15. The fourth-order valence-corrected chi connectivity index (χ4v) is 3.72. The van der Waals surface area contributed by atoms with Crippen molar-refractivity contribution in [3.63, 3.8) is 0 Å². The van der Waals surface area contributed by atoms with Crippen LogP contribution in [-0.2, 0) is 4.79 Å². The fourth-order valence-electron chi connectivity index (χ4n) is 2.89. The number of hydrogen-bond acceptors (Lipinski definition) is 3. The summed E-state index contributed by atoms with van der Waals surface area (Å²) in [6.07, 6.45) is 1.55. The molecule has 0 radical (unpaired) electrons. The number of thiazole rings is 1. The highest BCUT2D eigenvalue weighted by molar-refractivity contribution is 7.13. The molecular weight excluding hydrogens is 323 g/mol. The first kappa shape index (κ1) is 15.0. The SMILES string of the molecule is O=C1CCCN1c1ccc(-c2csc(-c3cccc(F)c3)n2)cc1. The van der Waals surface area contributed by atoms with Gasteiger partial charge in [-0.1, -0.05) is 24.3 Å². The molecule has 4 rings (SSSR count). The van der Waals surface area contributed by atoms with Gasteiger partial charge in [0, 0.05) is 35.2 Å². The number of benzene rings is 2. The zero-order valence-electron chi connectivity index (χ0n) is 12.9. The Balaban J connectivity index is 1.59. The molecular formula is C19H15FN2OS. The van der Waals surface area contributed by atoms with Gasteiger partial charge in [0.15, 0.2) is 0 Å². The Bertz CT molecular complexity index is 888. The van der Waals surface area contributed by atoms with Gasteiger partial charge in [-0.3, -0.25) is 4.79 Å². The van der Waals surface area contributed by atoms with Crippen molar-refractivity contribution in [1.29, 1.82) is 0 Å². The van der Waals surface area contributed by atoms with Crippen LogP contribution in [0.4, 0.5) is 10.1 Å². The average Bonchev–Trinajstić information content (AvgIpc) is 3.24. The number of aromatic nitrogens is 1. The Labute approximate surface area is 143 Å². The van der Waals surface area contributed by atoms with Gasteiger partial charge in [0.05, 0.1) is 5.69 Å². The summed E-state index contributed by atoms with van der Waals surface area (Å²) in [6.45, 7) is 0.790. The average molecular weight is 338 g/mol. The van der Waals surface area contributed by atoms with E-state index in [2.05, 4.69) is 4.98 Å². The molecule has 5 heteroatoms. The second kappa shape index (κ2) is 6.17. The molecule has 0 N–H and O–H groups in total. The molecule has 3 nitrogen and oxygen atoms in total. The van der Waals surface area contributed by atoms with Gasteiger partial charge >= 0.3 is 0 Å². The molecule has 0 saturated carbocycles. The third-order valence-corrected chi connectivity index (χ3v) is 5.02. The van der Waals surface area contributed by atoms with Crippen molar-refractivity contribution in [3.8, 4) is 21.8 Å². The van der Waals surface area contributed by atoms with Crippen LogP contribution in [0.3, 0.4) is 0 Å². The maximum atomic E-state index is 13.4. The first-order valence-corrected chi connectivity index (χ1v) is 8.71. The number of rotatable bonds is 3. The molecule has 3 aromatic rings. The van der Waals surface area contributed by atoms with E-state index in [0.29, 0.717) is 6.42 Å².